The fraction of sp³-hybridized carbons (Fsp3) is 0.231. The van der Waals surface area contributed by atoms with E-state index in [0.29, 0.717) is 11.6 Å². The van der Waals surface area contributed by atoms with E-state index in [1.54, 1.807) is 24.3 Å². The number of carbonyl (C=O) groups excluding carboxylic acids is 1. The van der Waals surface area contributed by atoms with Gasteiger partial charge in [0.25, 0.3) is 5.91 Å². The van der Waals surface area contributed by atoms with Crippen LogP contribution in [0.3, 0.4) is 0 Å². The lowest BCUT2D eigenvalue weighted by atomic mass is 10.2. The zero-order chi connectivity index (χ0) is 13.4. The second kappa shape index (κ2) is 7.36. The van der Waals surface area contributed by atoms with Crippen LogP contribution >= 0.6 is 11.6 Å². The van der Waals surface area contributed by atoms with Crippen molar-refractivity contribution in [1.82, 2.24) is 5.32 Å². The summed E-state index contributed by atoms with van der Waals surface area (Å²) in [6.45, 7) is 2.50. The molecule has 1 aromatic carbocycles. The summed E-state index contributed by atoms with van der Waals surface area (Å²) in [7, 11) is 0. The van der Waals surface area contributed by atoms with E-state index in [1.165, 1.54) is 6.20 Å². The van der Waals surface area contributed by atoms with Crippen LogP contribution in [0, 0.1) is 11.3 Å². The first-order valence-electron chi connectivity index (χ1n) is 5.58. The molecule has 0 aliphatic carbocycles. The number of rotatable bonds is 5. The van der Waals surface area contributed by atoms with E-state index in [9.17, 15) is 4.79 Å². The van der Waals surface area contributed by atoms with E-state index in [2.05, 4.69) is 10.6 Å². The first-order chi connectivity index (χ1) is 8.67. The van der Waals surface area contributed by atoms with Gasteiger partial charge in [-0.05, 0) is 24.6 Å². The Balaban J connectivity index is 2.69. The summed E-state index contributed by atoms with van der Waals surface area (Å²) in [6.07, 6.45) is 2.20. The van der Waals surface area contributed by atoms with Crippen molar-refractivity contribution < 1.29 is 4.79 Å². The van der Waals surface area contributed by atoms with Crippen LogP contribution in [0.5, 0.6) is 0 Å². The van der Waals surface area contributed by atoms with E-state index in [4.69, 9.17) is 16.9 Å². The van der Waals surface area contributed by atoms with Crippen molar-refractivity contribution in [3.8, 4) is 6.07 Å². The molecule has 0 fully saturated rings. The summed E-state index contributed by atoms with van der Waals surface area (Å²) in [4.78, 5) is 11.6. The number of amides is 1. The molecule has 0 aliphatic rings. The maximum Gasteiger partial charge on any atom is 0.263 e. The Morgan fingerprint density at radius 1 is 1.56 bits per heavy atom. The highest BCUT2D eigenvalue weighted by Gasteiger charge is 2.06. The molecule has 18 heavy (non-hydrogen) atoms. The molecule has 94 valence electrons. The lowest BCUT2D eigenvalue weighted by molar-refractivity contribution is -0.117. The Labute approximate surface area is 111 Å². The molecule has 4 nitrogen and oxygen atoms in total. The SMILES string of the molecule is CCCNC(=O)/C(C#N)=C\Nc1cccc(Cl)c1. The minimum Gasteiger partial charge on any atom is -0.360 e. The number of anilines is 1. The topological polar surface area (TPSA) is 64.9 Å². The number of benzene rings is 1. The van der Waals surface area contributed by atoms with Crippen molar-refractivity contribution in [2.45, 2.75) is 13.3 Å². The first-order valence-corrected chi connectivity index (χ1v) is 5.95. The van der Waals surface area contributed by atoms with Gasteiger partial charge in [0.1, 0.15) is 11.6 Å². The normalized spacial score (nSPS) is 10.6. The highest BCUT2D eigenvalue weighted by atomic mass is 35.5. The van der Waals surface area contributed by atoms with Crippen LogP contribution in [0.15, 0.2) is 36.0 Å². The number of nitrogens with zero attached hydrogens (tertiary/aromatic N) is 1. The van der Waals surface area contributed by atoms with Gasteiger partial charge in [-0.15, -0.1) is 0 Å². The van der Waals surface area contributed by atoms with Gasteiger partial charge in [-0.3, -0.25) is 4.79 Å². The maximum absolute atomic E-state index is 11.6. The fourth-order valence-electron chi connectivity index (χ4n) is 1.22. The van der Waals surface area contributed by atoms with E-state index in [0.717, 1.165) is 12.1 Å². The van der Waals surface area contributed by atoms with Gasteiger partial charge in [0, 0.05) is 23.5 Å². The molecule has 0 aromatic heterocycles. The first kappa shape index (κ1) is 14.1. The molecule has 0 atom stereocenters. The number of nitriles is 1. The van der Waals surface area contributed by atoms with Gasteiger partial charge in [-0.25, -0.2) is 0 Å². The van der Waals surface area contributed by atoms with Crippen LogP contribution in [-0.4, -0.2) is 12.5 Å². The Bertz CT molecular complexity index is 491. The molecule has 0 radical (unpaired) electrons. The molecule has 0 unspecified atom stereocenters. The lowest BCUT2D eigenvalue weighted by Crippen LogP contribution is -2.25. The largest absolute Gasteiger partial charge is 0.360 e. The zero-order valence-electron chi connectivity index (χ0n) is 10.0. The standard InChI is InChI=1S/C13H14ClN3O/c1-2-6-16-13(18)10(8-15)9-17-12-5-3-4-11(14)7-12/h3-5,7,9,17H,2,6H2,1H3,(H,16,18)/b10-9-. The molecule has 5 heteroatoms. The third kappa shape index (κ3) is 4.48. The van der Waals surface area contributed by atoms with Crippen molar-refractivity contribution in [3.63, 3.8) is 0 Å². The summed E-state index contributed by atoms with van der Waals surface area (Å²) < 4.78 is 0. The average Bonchev–Trinajstić information content (AvgIpc) is 2.37. The molecule has 0 bridgehead atoms. The van der Waals surface area contributed by atoms with Gasteiger partial charge in [0.15, 0.2) is 0 Å². The predicted octanol–water partition coefficient (Wildman–Crippen LogP) is 2.69. The van der Waals surface area contributed by atoms with Crippen LogP contribution in [0.25, 0.3) is 0 Å². The lowest BCUT2D eigenvalue weighted by Gasteiger charge is -2.04. The van der Waals surface area contributed by atoms with Gasteiger partial charge >= 0.3 is 0 Å². The van der Waals surface area contributed by atoms with Crippen LogP contribution in [0.1, 0.15) is 13.3 Å². The molecule has 0 saturated heterocycles. The molecule has 2 N–H and O–H groups in total. The Hall–Kier alpha value is -1.99. The maximum atomic E-state index is 11.6. The summed E-state index contributed by atoms with van der Waals surface area (Å²) in [6, 6.07) is 8.87. The number of hydrogen-bond acceptors (Lipinski definition) is 3. The molecule has 1 aromatic rings. The number of carbonyl (C=O) groups is 1. The minimum atomic E-state index is -0.381. The van der Waals surface area contributed by atoms with Gasteiger partial charge < -0.3 is 10.6 Å². The molecule has 1 amide bonds. The van der Waals surface area contributed by atoms with Gasteiger partial charge in [-0.1, -0.05) is 24.6 Å². The minimum absolute atomic E-state index is 0.0309. The predicted molar refractivity (Wildman–Crippen MR) is 72.1 cm³/mol. The Morgan fingerprint density at radius 2 is 2.33 bits per heavy atom. The Kier molecular flexibility index (Phi) is 5.75. The smallest absolute Gasteiger partial charge is 0.263 e. The quantitative estimate of drug-likeness (QED) is 0.634. The molecule has 0 saturated carbocycles. The van der Waals surface area contributed by atoms with Gasteiger partial charge in [-0.2, -0.15) is 5.26 Å². The fourth-order valence-corrected chi connectivity index (χ4v) is 1.41. The van der Waals surface area contributed by atoms with Crippen LogP contribution in [0.4, 0.5) is 5.69 Å². The van der Waals surface area contributed by atoms with Gasteiger partial charge in [0.2, 0.25) is 0 Å². The van der Waals surface area contributed by atoms with Gasteiger partial charge in [0.05, 0.1) is 0 Å². The summed E-state index contributed by atoms with van der Waals surface area (Å²) in [5.41, 5.74) is 0.752. The molecular formula is C13H14ClN3O. The third-order valence-corrected chi connectivity index (χ3v) is 2.34. The molecule has 0 heterocycles. The van der Waals surface area contributed by atoms with Crippen molar-refractivity contribution >= 4 is 23.2 Å². The van der Waals surface area contributed by atoms with Crippen molar-refractivity contribution in [2.75, 3.05) is 11.9 Å². The van der Waals surface area contributed by atoms with Crippen molar-refractivity contribution in [2.24, 2.45) is 0 Å². The van der Waals surface area contributed by atoms with Crippen LogP contribution < -0.4 is 10.6 Å². The summed E-state index contributed by atoms with van der Waals surface area (Å²) in [5.74, 6) is -0.381. The summed E-state index contributed by atoms with van der Waals surface area (Å²) in [5, 5.41) is 15.0. The highest BCUT2D eigenvalue weighted by molar-refractivity contribution is 6.30. The van der Waals surface area contributed by atoms with Crippen LogP contribution in [-0.2, 0) is 4.79 Å². The van der Waals surface area contributed by atoms with E-state index in [1.807, 2.05) is 13.0 Å². The number of halogens is 1. The van der Waals surface area contributed by atoms with Crippen molar-refractivity contribution in [3.05, 3.63) is 41.1 Å². The monoisotopic (exact) mass is 263 g/mol. The van der Waals surface area contributed by atoms with E-state index >= 15 is 0 Å². The molecular weight excluding hydrogens is 250 g/mol. The second-order valence-corrected chi connectivity index (χ2v) is 4.02. The van der Waals surface area contributed by atoms with E-state index in [-0.39, 0.29) is 11.5 Å². The number of hydrogen-bond donors (Lipinski definition) is 2. The average molecular weight is 264 g/mol. The zero-order valence-corrected chi connectivity index (χ0v) is 10.8. The second-order valence-electron chi connectivity index (χ2n) is 3.58. The van der Waals surface area contributed by atoms with Crippen LogP contribution in [0.2, 0.25) is 5.02 Å². The van der Waals surface area contributed by atoms with E-state index < -0.39 is 0 Å². The van der Waals surface area contributed by atoms with Crippen molar-refractivity contribution in [1.29, 1.82) is 5.26 Å². The number of nitrogens with one attached hydrogen (secondary N) is 2. The molecule has 1 rings (SSSR count). The summed E-state index contributed by atoms with van der Waals surface area (Å²) >= 11 is 5.82. The molecule has 0 aliphatic heterocycles. The Morgan fingerprint density at radius 3 is 2.94 bits per heavy atom. The third-order valence-electron chi connectivity index (χ3n) is 2.11. The highest BCUT2D eigenvalue weighted by Crippen LogP contribution is 2.15. The molecule has 0 spiro atoms.